The molecule has 0 amide bonds. The first kappa shape index (κ1) is 15.1. The van der Waals surface area contributed by atoms with Crippen LogP contribution in [-0.2, 0) is 20.9 Å². The molecule has 0 aliphatic carbocycles. The van der Waals surface area contributed by atoms with Gasteiger partial charge >= 0.3 is 5.69 Å². The summed E-state index contributed by atoms with van der Waals surface area (Å²) in [5.41, 5.74) is -2.42. The van der Waals surface area contributed by atoms with Gasteiger partial charge in [-0.3, -0.25) is 0 Å². The Labute approximate surface area is 103 Å². The molecule has 2 nitrogen and oxygen atoms in total. The molecule has 0 bridgehead atoms. The molecular weight excluding hydrogens is 247 g/mol. The molecule has 0 spiro atoms. The van der Waals surface area contributed by atoms with E-state index in [9.17, 15) is 0 Å². The molecule has 0 aromatic rings. The van der Waals surface area contributed by atoms with Gasteiger partial charge in [0.1, 0.15) is 0 Å². The molecule has 0 saturated carbocycles. The summed E-state index contributed by atoms with van der Waals surface area (Å²) in [6.45, 7) is 4.20. The quantitative estimate of drug-likeness (QED) is 0.386. The molecule has 0 unspecified atom stereocenters. The van der Waals surface area contributed by atoms with Crippen molar-refractivity contribution >= 4 is 29.7 Å². The zero-order valence-electron chi connectivity index (χ0n) is 9.26. The SMILES string of the molecule is CCCC=COP(=S)(S)OC=CCCC. The molecule has 5 heteroatoms. The predicted octanol–water partition coefficient (Wildman–Crippen LogP) is 4.80. The van der Waals surface area contributed by atoms with Gasteiger partial charge < -0.3 is 9.05 Å². The van der Waals surface area contributed by atoms with Crippen LogP contribution in [0.2, 0.25) is 0 Å². The second kappa shape index (κ2) is 9.32. The van der Waals surface area contributed by atoms with E-state index >= 15 is 0 Å². The van der Waals surface area contributed by atoms with Gasteiger partial charge in [-0.1, -0.05) is 38.9 Å². The predicted molar refractivity (Wildman–Crippen MR) is 73.5 cm³/mol. The van der Waals surface area contributed by atoms with Crippen molar-refractivity contribution in [2.24, 2.45) is 0 Å². The number of unbranched alkanes of at least 4 members (excludes halogenated alkanes) is 2. The molecule has 0 saturated heterocycles. The number of rotatable bonds is 8. The van der Waals surface area contributed by atoms with Crippen molar-refractivity contribution in [3.8, 4) is 0 Å². The third kappa shape index (κ3) is 10.4. The normalized spacial score (nSPS) is 15.7. The van der Waals surface area contributed by atoms with Gasteiger partial charge in [-0.05, 0) is 36.8 Å². The van der Waals surface area contributed by atoms with Gasteiger partial charge in [-0.2, -0.15) is 0 Å². The topological polar surface area (TPSA) is 18.5 Å². The largest absolute Gasteiger partial charge is 0.437 e. The molecule has 15 heavy (non-hydrogen) atoms. The average Bonchev–Trinajstić information content (AvgIpc) is 2.20. The number of hydrogen-bond acceptors (Lipinski definition) is 3. The summed E-state index contributed by atoms with van der Waals surface area (Å²) >= 11 is 9.24. The van der Waals surface area contributed by atoms with Crippen LogP contribution in [-0.4, -0.2) is 0 Å². The van der Waals surface area contributed by atoms with Crippen molar-refractivity contribution in [1.29, 1.82) is 0 Å². The Morgan fingerprint density at radius 1 is 1.07 bits per heavy atom. The second-order valence-corrected chi connectivity index (χ2v) is 8.19. The summed E-state index contributed by atoms with van der Waals surface area (Å²) in [6, 6.07) is 0. The highest BCUT2D eigenvalue weighted by molar-refractivity contribution is 8.60. The Morgan fingerprint density at radius 3 is 1.80 bits per heavy atom. The van der Waals surface area contributed by atoms with Crippen molar-refractivity contribution < 1.29 is 9.05 Å². The first-order valence-corrected chi connectivity index (χ1v) is 8.91. The van der Waals surface area contributed by atoms with Gasteiger partial charge in [0.15, 0.2) is 0 Å². The molecule has 0 aliphatic heterocycles. The van der Waals surface area contributed by atoms with Crippen LogP contribution in [0.4, 0.5) is 0 Å². The van der Waals surface area contributed by atoms with Crippen molar-refractivity contribution in [1.82, 2.24) is 0 Å². The van der Waals surface area contributed by atoms with Crippen LogP contribution in [0.5, 0.6) is 0 Å². The molecular formula is C10H19O2PS2. The Kier molecular flexibility index (Phi) is 9.37. The lowest BCUT2D eigenvalue weighted by Crippen LogP contribution is -1.77. The van der Waals surface area contributed by atoms with E-state index in [4.69, 9.17) is 20.9 Å². The standard InChI is InChI=1S/C10H19O2PS2/c1-3-5-7-9-11-13(14,15)12-10-8-6-4-2/h7-10H,3-6H2,1-2H3,(H,14,15). The fourth-order valence-corrected chi connectivity index (χ4v) is 1.89. The summed E-state index contributed by atoms with van der Waals surface area (Å²) in [5, 5.41) is 0. The number of hydrogen-bond donors (Lipinski definition) is 1. The van der Waals surface area contributed by atoms with Crippen molar-refractivity contribution in [2.45, 2.75) is 39.5 Å². The van der Waals surface area contributed by atoms with E-state index in [1.54, 1.807) is 12.5 Å². The van der Waals surface area contributed by atoms with Gasteiger partial charge in [-0.25, -0.2) is 0 Å². The highest BCUT2D eigenvalue weighted by Gasteiger charge is 2.09. The molecule has 0 aliphatic rings. The lowest BCUT2D eigenvalue weighted by molar-refractivity contribution is 0.421. The zero-order chi connectivity index (χ0) is 11.6. The lowest BCUT2D eigenvalue weighted by atomic mass is 10.3. The van der Waals surface area contributed by atoms with Crippen LogP contribution in [0, 0.1) is 0 Å². The minimum atomic E-state index is -2.42. The summed E-state index contributed by atoms with van der Waals surface area (Å²) < 4.78 is 10.5. The maximum absolute atomic E-state index is 5.25. The Bertz CT molecular complexity index is 230. The Morgan fingerprint density at radius 2 is 1.47 bits per heavy atom. The van der Waals surface area contributed by atoms with E-state index < -0.39 is 5.69 Å². The van der Waals surface area contributed by atoms with E-state index in [1.807, 2.05) is 12.2 Å². The smallest absolute Gasteiger partial charge is 0.344 e. The van der Waals surface area contributed by atoms with E-state index in [2.05, 4.69) is 26.1 Å². The molecule has 0 fully saturated rings. The van der Waals surface area contributed by atoms with E-state index in [0.717, 1.165) is 25.7 Å². The third-order valence-corrected chi connectivity index (χ3v) is 3.35. The van der Waals surface area contributed by atoms with Crippen molar-refractivity contribution in [3.05, 3.63) is 24.7 Å². The maximum Gasteiger partial charge on any atom is 0.344 e. The van der Waals surface area contributed by atoms with Gasteiger partial charge in [0, 0.05) is 0 Å². The lowest BCUT2D eigenvalue weighted by Gasteiger charge is -2.12. The highest BCUT2D eigenvalue weighted by Crippen LogP contribution is 2.53. The number of allylic oxidation sites excluding steroid dienone is 2. The third-order valence-electron chi connectivity index (χ3n) is 1.49. The van der Waals surface area contributed by atoms with Crippen LogP contribution in [0.3, 0.4) is 0 Å². The minimum Gasteiger partial charge on any atom is -0.437 e. The van der Waals surface area contributed by atoms with Gasteiger partial charge in [0.25, 0.3) is 0 Å². The summed E-state index contributed by atoms with van der Waals surface area (Å²) in [5.74, 6) is 0. The van der Waals surface area contributed by atoms with E-state index in [1.165, 1.54) is 0 Å². The molecule has 0 aromatic carbocycles. The minimum absolute atomic E-state index is 0.981. The Hall–Kier alpha value is 0.0800. The molecule has 0 rings (SSSR count). The zero-order valence-corrected chi connectivity index (χ0v) is 11.9. The summed E-state index contributed by atoms with van der Waals surface area (Å²) in [4.78, 5) is 0. The van der Waals surface area contributed by atoms with Crippen LogP contribution >= 0.6 is 17.9 Å². The highest BCUT2D eigenvalue weighted by atomic mass is 32.9. The molecule has 0 heterocycles. The van der Waals surface area contributed by atoms with Crippen LogP contribution in [0.1, 0.15) is 39.5 Å². The van der Waals surface area contributed by atoms with E-state index in [-0.39, 0.29) is 0 Å². The number of thiol groups is 1. The molecule has 0 atom stereocenters. The van der Waals surface area contributed by atoms with E-state index in [0.29, 0.717) is 0 Å². The van der Waals surface area contributed by atoms with Crippen LogP contribution in [0.15, 0.2) is 24.7 Å². The fourth-order valence-electron chi connectivity index (χ4n) is 0.734. The molecule has 88 valence electrons. The Balaban J connectivity index is 3.81. The first-order chi connectivity index (χ1) is 7.12. The summed E-state index contributed by atoms with van der Waals surface area (Å²) in [7, 11) is 0. The first-order valence-electron chi connectivity index (χ1n) is 5.12. The van der Waals surface area contributed by atoms with Crippen LogP contribution in [0.25, 0.3) is 0 Å². The fraction of sp³-hybridized carbons (Fsp3) is 0.600. The summed E-state index contributed by atoms with van der Waals surface area (Å²) in [6.07, 6.45) is 11.2. The van der Waals surface area contributed by atoms with Crippen molar-refractivity contribution in [3.63, 3.8) is 0 Å². The van der Waals surface area contributed by atoms with Crippen LogP contribution < -0.4 is 0 Å². The van der Waals surface area contributed by atoms with Crippen molar-refractivity contribution in [2.75, 3.05) is 0 Å². The molecule has 0 radical (unpaired) electrons. The monoisotopic (exact) mass is 266 g/mol. The average molecular weight is 266 g/mol. The van der Waals surface area contributed by atoms with Gasteiger partial charge in [0.05, 0.1) is 12.5 Å². The van der Waals surface area contributed by atoms with Gasteiger partial charge in [-0.15, -0.1) is 0 Å². The molecule has 0 aromatic heterocycles. The van der Waals surface area contributed by atoms with Gasteiger partial charge in [0.2, 0.25) is 0 Å². The maximum atomic E-state index is 5.25. The molecule has 0 N–H and O–H groups in total. The second-order valence-electron chi connectivity index (χ2n) is 3.00.